The quantitative estimate of drug-likeness (QED) is 0.483. The molecule has 29 heavy (non-hydrogen) atoms. The third-order valence-electron chi connectivity index (χ3n) is 4.59. The van der Waals surface area contributed by atoms with Crippen molar-refractivity contribution in [2.45, 2.75) is 32.5 Å². The lowest BCUT2D eigenvalue weighted by atomic mass is 10.1. The van der Waals surface area contributed by atoms with E-state index >= 15 is 0 Å². The summed E-state index contributed by atoms with van der Waals surface area (Å²) in [5.74, 6) is 1.00. The fraction of sp³-hybridized carbons (Fsp3) is 0.286. The van der Waals surface area contributed by atoms with Gasteiger partial charge >= 0.3 is 0 Å². The molecule has 152 valence electrons. The lowest BCUT2D eigenvalue weighted by Crippen LogP contribution is -2.28. The number of halogens is 2. The Morgan fingerprint density at radius 3 is 2.66 bits per heavy atom. The third kappa shape index (κ3) is 4.94. The van der Waals surface area contributed by atoms with Crippen LogP contribution < -0.4 is 0 Å². The van der Waals surface area contributed by atoms with Crippen molar-refractivity contribution in [1.82, 2.24) is 19.7 Å². The molecule has 1 aromatic heterocycles. The molecule has 1 amide bonds. The molecule has 0 aliphatic rings. The summed E-state index contributed by atoms with van der Waals surface area (Å²) in [4.78, 5) is 14.3. The molecule has 0 saturated carbocycles. The smallest absolute Gasteiger partial charge is 0.233 e. The highest BCUT2D eigenvalue weighted by atomic mass is 35.5. The van der Waals surface area contributed by atoms with Crippen molar-refractivity contribution >= 4 is 40.9 Å². The molecular formula is C21H22Cl2N4OS. The highest BCUT2D eigenvalue weighted by Crippen LogP contribution is 2.27. The first kappa shape index (κ1) is 21.7. The molecule has 0 N–H and O–H groups in total. The monoisotopic (exact) mass is 448 g/mol. The number of carbonyl (C=O) groups excluding carboxylic acids is 1. The number of hydrogen-bond donors (Lipinski definition) is 0. The van der Waals surface area contributed by atoms with E-state index in [2.05, 4.69) is 42.2 Å². The van der Waals surface area contributed by atoms with Gasteiger partial charge in [-0.25, -0.2) is 0 Å². The van der Waals surface area contributed by atoms with Gasteiger partial charge in [-0.2, -0.15) is 0 Å². The van der Waals surface area contributed by atoms with Crippen LogP contribution in [0.25, 0.3) is 5.69 Å². The molecule has 2 aromatic carbocycles. The Balaban J connectivity index is 1.73. The van der Waals surface area contributed by atoms with E-state index in [9.17, 15) is 4.79 Å². The van der Waals surface area contributed by atoms with Gasteiger partial charge in [-0.15, -0.1) is 10.2 Å². The molecule has 1 heterocycles. The van der Waals surface area contributed by atoms with Crippen molar-refractivity contribution < 1.29 is 4.79 Å². The van der Waals surface area contributed by atoms with Crippen LogP contribution in [-0.2, 0) is 11.3 Å². The summed E-state index contributed by atoms with van der Waals surface area (Å²) in [7, 11) is 1.75. The van der Waals surface area contributed by atoms with Crippen LogP contribution in [0.3, 0.4) is 0 Å². The first-order valence-electron chi connectivity index (χ1n) is 9.07. The minimum absolute atomic E-state index is 0.0285. The van der Waals surface area contributed by atoms with E-state index in [1.807, 2.05) is 23.6 Å². The van der Waals surface area contributed by atoms with Gasteiger partial charge < -0.3 is 4.90 Å². The van der Waals surface area contributed by atoms with E-state index in [1.54, 1.807) is 18.0 Å². The van der Waals surface area contributed by atoms with Gasteiger partial charge in [0.2, 0.25) is 5.91 Å². The molecule has 0 radical (unpaired) electrons. The number of nitrogens with zero attached hydrogens (tertiary/aromatic N) is 4. The molecule has 0 unspecified atom stereocenters. The number of aryl methyl sites for hydroxylation is 3. The van der Waals surface area contributed by atoms with Gasteiger partial charge in [0.15, 0.2) is 5.16 Å². The average molecular weight is 449 g/mol. The second kappa shape index (κ2) is 9.20. The minimum atomic E-state index is -0.0285. The molecule has 3 rings (SSSR count). The number of aromatic nitrogens is 3. The van der Waals surface area contributed by atoms with Crippen molar-refractivity contribution in [2.75, 3.05) is 12.8 Å². The molecule has 0 fully saturated rings. The lowest BCUT2D eigenvalue weighted by Gasteiger charge is -2.18. The standard InChI is InChI=1S/C21H22Cl2N4OS/c1-13-8-9-14(2)18(10-13)27-15(3)24-25-21(27)29-12-19(28)26(4)11-16-6-5-7-17(22)20(16)23/h5-10H,11-12H2,1-4H3. The molecule has 0 saturated heterocycles. The maximum absolute atomic E-state index is 12.7. The van der Waals surface area contributed by atoms with Crippen LogP contribution in [0.5, 0.6) is 0 Å². The molecule has 0 bridgehead atoms. The summed E-state index contributed by atoms with van der Waals surface area (Å²) in [5, 5.41) is 10.1. The van der Waals surface area contributed by atoms with Gasteiger partial charge in [0.05, 0.1) is 21.5 Å². The van der Waals surface area contributed by atoms with Crippen LogP contribution in [0.1, 0.15) is 22.5 Å². The Morgan fingerprint density at radius 2 is 1.90 bits per heavy atom. The second-order valence-corrected chi connectivity index (χ2v) is 8.63. The van der Waals surface area contributed by atoms with Crippen molar-refractivity contribution in [3.8, 4) is 5.69 Å². The van der Waals surface area contributed by atoms with Crippen molar-refractivity contribution in [3.63, 3.8) is 0 Å². The molecule has 8 heteroatoms. The summed E-state index contributed by atoms with van der Waals surface area (Å²) in [6.07, 6.45) is 0. The fourth-order valence-corrected chi connectivity index (χ4v) is 4.24. The summed E-state index contributed by atoms with van der Waals surface area (Å²) in [6.45, 7) is 6.40. The predicted octanol–water partition coefficient (Wildman–Crippen LogP) is 5.25. The molecule has 5 nitrogen and oxygen atoms in total. The summed E-state index contributed by atoms with van der Waals surface area (Å²) >= 11 is 13.7. The highest BCUT2D eigenvalue weighted by molar-refractivity contribution is 7.99. The zero-order chi connectivity index (χ0) is 21.1. The molecule has 0 atom stereocenters. The Morgan fingerprint density at radius 1 is 1.14 bits per heavy atom. The van der Waals surface area contributed by atoms with Crippen molar-refractivity contribution in [1.29, 1.82) is 0 Å². The second-order valence-electron chi connectivity index (χ2n) is 6.91. The number of rotatable bonds is 6. The summed E-state index contributed by atoms with van der Waals surface area (Å²) in [6, 6.07) is 11.7. The van der Waals surface area contributed by atoms with Gasteiger partial charge in [0, 0.05) is 13.6 Å². The first-order chi connectivity index (χ1) is 13.8. The Bertz CT molecular complexity index is 1050. The van der Waals surface area contributed by atoms with E-state index < -0.39 is 0 Å². The maximum Gasteiger partial charge on any atom is 0.233 e. The Hall–Kier alpha value is -2.02. The van der Waals surface area contributed by atoms with Crippen LogP contribution in [0, 0.1) is 20.8 Å². The molecule has 0 aliphatic heterocycles. The Labute approximate surface area is 185 Å². The van der Waals surface area contributed by atoms with Crippen LogP contribution in [-0.4, -0.2) is 38.4 Å². The molecule has 0 aliphatic carbocycles. The normalized spacial score (nSPS) is 11.0. The lowest BCUT2D eigenvalue weighted by molar-refractivity contribution is -0.127. The minimum Gasteiger partial charge on any atom is -0.341 e. The van der Waals surface area contributed by atoms with E-state index in [1.165, 1.54) is 11.8 Å². The van der Waals surface area contributed by atoms with Crippen molar-refractivity contribution in [2.24, 2.45) is 0 Å². The number of carbonyl (C=O) groups is 1. The van der Waals surface area contributed by atoms with Gasteiger partial charge in [-0.1, -0.05) is 59.2 Å². The summed E-state index contributed by atoms with van der Waals surface area (Å²) < 4.78 is 1.99. The maximum atomic E-state index is 12.7. The van der Waals surface area contributed by atoms with E-state index in [0.717, 1.165) is 28.2 Å². The summed E-state index contributed by atoms with van der Waals surface area (Å²) in [5.41, 5.74) is 4.12. The average Bonchev–Trinajstić information content (AvgIpc) is 3.05. The van der Waals surface area contributed by atoms with Crippen LogP contribution in [0.4, 0.5) is 0 Å². The van der Waals surface area contributed by atoms with E-state index in [4.69, 9.17) is 23.2 Å². The molecular weight excluding hydrogens is 427 g/mol. The topological polar surface area (TPSA) is 51.0 Å². The van der Waals surface area contributed by atoms with Gasteiger partial charge in [-0.3, -0.25) is 9.36 Å². The van der Waals surface area contributed by atoms with Crippen LogP contribution in [0.2, 0.25) is 10.0 Å². The van der Waals surface area contributed by atoms with Crippen LogP contribution >= 0.6 is 35.0 Å². The van der Waals surface area contributed by atoms with E-state index in [-0.39, 0.29) is 11.7 Å². The third-order valence-corrected chi connectivity index (χ3v) is 6.36. The molecule has 0 spiro atoms. The highest BCUT2D eigenvalue weighted by Gasteiger charge is 2.17. The van der Waals surface area contributed by atoms with Gasteiger partial charge in [0.1, 0.15) is 5.82 Å². The van der Waals surface area contributed by atoms with Crippen molar-refractivity contribution in [3.05, 3.63) is 69.0 Å². The van der Waals surface area contributed by atoms with Crippen LogP contribution in [0.15, 0.2) is 41.6 Å². The number of amides is 1. The predicted molar refractivity (Wildman–Crippen MR) is 119 cm³/mol. The zero-order valence-corrected chi connectivity index (χ0v) is 19.1. The number of hydrogen-bond acceptors (Lipinski definition) is 4. The molecule has 3 aromatic rings. The Kier molecular flexibility index (Phi) is 6.88. The van der Waals surface area contributed by atoms with Gasteiger partial charge in [0.25, 0.3) is 0 Å². The fourth-order valence-electron chi connectivity index (χ4n) is 2.92. The van der Waals surface area contributed by atoms with Gasteiger partial charge in [-0.05, 0) is 49.6 Å². The number of thioether (sulfide) groups is 1. The zero-order valence-electron chi connectivity index (χ0n) is 16.7. The first-order valence-corrected chi connectivity index (χ1v) is 10.8. The number of benzene rings is 2. The SMILES string of the molecule is Cc1ccc(C)c(-n2c(C)nnc2SCC(=O)N(C)Cc2cccc(Cl)c2Cl)c1. The van der Waals surface area contributed by atoms with E-state index in [0.29, 0.717) is 21.7 Å². The largest absolute Gasteiger partial charge is 0.341 e.